The van der Waals surface area contributed by atoms with Crippen LogP contribution >= 0.6 is 12.4 Å². The van der Waals surface area contributed by atoms with Crippen LogP contribution in [-0.2, 0) is 9.59 Å². The first-order chi connectivity index (χ1) is 9.09. The molecule has 20 heavy (non-hydrogen) atoms. The summed E-state index contributed by atoms with van der Waals surface area (Å²) in [7, 11) is 0. The van der Waals surface area contributed by atoms with Crippen molar-refractivity contribution in [3.8, 4) is 0 Å². The number of nitrogens with two attached hydrogens (primary N) is 1. The second-order valence-electron chi connectivity index (χ2n) is 5.41. The SMILES string of the molecule is CC(N)CCC(=O)NCCC(=O)N1CCCCCC1.Cl. The van der Waals surface area contributed by atoms with Gasteiger partial charge in [0.1, 0.15) is 0 Å². The van der Waals surface area contributed by atoms with Crippen LogP contribution in [0.2, 0.25) is 0 Å². The number of likely N-dealkylation sites (tertiary alicyclic amines) is 1. The van der Waals surface area contributed by atoms with Crippen LogP contribution in [0, 0.1) is 0 Å². The molecule has 1 saturated heterocycles. The summed E-state index contributed by atoms with van der Waals surface area (Å²) in [4.78, 5) is 25.4. The Balaban J connectivity index is 0.00000361. The Bertz CT molecular complexity index is 290. The van der Waals surface area contributed by atoms with Crippen molar-refractivity contribution in [2.45, 2.75) is 57.9 Å². The third-order valence-electron chi connectivity index (χ3n) is 3.45. The largest absolute Gasteiger partial charge is 0.356 e. The second-order valence-corrected chi connectivity index (χ2v) is 5.41. The molecule has 6 heteroatoms. The molecule has 1 heterocycles. The molecular weight excluding hydrogens is 278 g/mol. The van der Waals surface area contributed by atoms with E-state index in [0.717, 1.165) is 25.9 Å². The van der Waals surface area contributed by atoms with Gasteiger partial charge in [-0.3, -0.25) is 9.59 Å². The fourth-order valence-electron chi connectivity index (χ4n) is 2.23. The van der Waals surface area contributed by atoms with Crippen LogP contribution in [0.25, 0.3) is 0 Å². The van der Waals surface area contributed by atoms with Gasteiger partial charge in [0.25, 0.3) is 0 Å². The van der Waals surface area contributed by atoms with E-state index in [9.17, 15) is 9.59 Å². The summed E-state index contributed by atoms with van der Waals surface area (Å²) in [6, 6.07) is 0.0458. The minimum absolute atomic E-state index is 0. The topological polar surface area (TPSA) is 75.4 Å². The summed E-state index contributed by atoms with van der Waals surface area (Å²) in [5.74, 6) is 0.148. The Morgan fingerprint density at radius 1 is 1.15 bits per heavy atom. The first-order valence-electron chi connectivity index (χ1n) is 7.39. The highest BCUT2D eigenvalue weighted by atomic mass is 35.5. The van der Waals surface area contributed by atoms with Gasteiger partial charge < -0.3 is 16.0 Å². The molecule has 118 valence electrons. The quantitative estimate of drug-likeness (QED) is 0.780. The van der Waals surface area contributed by atoms with E-state index in [0.29, 0.717) is 25.8 Å². The molecule has 1 aliphatic heterocycles. The molecule has 0 radical (unpaired) electrons. The van der Waals surface area contributed by atoms with Crippen LogP contribution in [0.4, 0.5) is 0 Å². The van der Waals surface area contributed by atoms with Crippen molar-refractivity contribution in [2.24, 2.45) is 5.73 Å². The molecule has 2 amide bonds. The average Bonchev–Trinajstić information content (AvgIpc) is 2.65. The van der Waals surface area contributed by atoms with E-state index in [1.54, 1.807) is 0 Å². The highest BCUT2D eigenvalue weighted by Crippen LogP contribution is 2.10. The molecule has 0 aromatic carbocycles. The first kappa shape index (κ1) is 19.2. The summed E-state index contributed by atoms with van der Waals surface area (Å²) in [5.41, 5.74) is 5.59. The van der Waals surface area contributed by atoms with Gasteiger partial charge in [0.15, 0.2) is 0 Å². The molecule has 1 rings (SSSR count). The molecule has 1 aliphatic rings. The summed E-state index contributed by atoms with van der Waals surface area (Å²) >= 11 is 0. The molecule has 3 N–H and O–H groups in total. The van der Waals surface area contributed by atoms with Crippen molar-refractivity contribution in [2.75, 3.05) is 19.6 Å². The molecule has 1 unspecified atom stereocenters. The van der Waals surface area contributed by atoms with Crippen molar-refractivity contribution < 1.29 is 9.59 Å². The third-order valence-corrected chi connectivity index (χ3v) is 3.45. The van der Waals surface area contributed by atoms with E-state index in [-0.39, 0.29) is 30.3 Å². The van der Waals surface area contributed by atoms with Crippen LogP contribution in [0.15, 0.2) is 0 Å². The lowest BCUT2D eigenvalue weighted by Crippen LogP contribution is -2.35. The zero-order valence-corrected chi connectivity index (χ0v) is 13.2. The number of carbonyl (C=O) groups is 2. The van der Waals surface area contributed by atoms with Crippen LogP contribution in [0.5, 0.6) is 0 Å². The van der Waals surface area contributed by atoms with Gasteiger partial charge in [0.2, 0.25) is 11.8 Å². The normalized spacial score (nSPS) is 16.8. The molecule has 0 spiro atoms. The molecule has 0 aromatic rings. The predicted molar refractivity (Wildman–Crippen MR) is 82.8 cm³/mol. The van der Waals surface area contributed by atoms with Gasteiger partial charge in [-0.2, -0.15) is 0 Å². The first-order valence-corrected chi connectivity index (χ1v) is 7.39. The van der Waals surface area contributed by atoms with Crippen molar-refractivity contribution in [1.82, 2.24) is 10.2 Å². The van der Waals surface area contributed by atoms with Crippen LogP contribution < -0.4 is 11.1 Å². The Labute approximate surface area is 128 Å². The number of rotatable bonds is 6. The summed E-state index contributed by atoms with van der Waals surface area (Å²) in [6.45, 7) is 4.07. The standard InChI is InChI=1S/C14H27N3O2.ClH/c1-12(15)6-7-13(18)16-9-8-14(19)17-10-4-2-3-5-11-17;/h12H,2-11,15H2,1H3,(H,16,18);1H. The summed E-state index contributed by atoms with van der Waals surface area (Å²) in [5, 5.41) is 2.78. The molecule has 1 atom stereocenters. The molecule has 0 bridgehead atoms. The maximum Gasteiger partial charge on any atom is 0.224 e. The molecular formula is C14H28ClN3O2. The van der Waals surface area contributed by atoms with Crippen molar-refractivity contribution in [1.29, 1.82) is 0 Å². The van der Waals surface area contributed by atoms with Crippen molar-refractivity contribution >= 4 is 24.2 Å². The number of amides is 2. The lowest BCUT2D eigenvalue weighted by atomic mass is 10.2. The smallest absolute Gasteiger partial charge is 0.224 e. The summed E-state index contributed by atoms with van der Waals surface area (Å²) in [6.07, 6.45) is 6.18. The molecule has 5 nitrogen and oxygen atoms in total. The fourth-order valence-corrected chi connectivity index (χ4v) is 2.23. The molecule has 0 saturated carbocycles. The van der Waals surface area contributed by atoms with E-state index >= 15 is 0 Å². The van der Waals surface area contributed by atoms with E-state index in [1.807, 2.05) is 11.8 Å². The maximum absolute atomic E-state index is 12.0. The highest BCUT2D eigenvalue weighted by molar-refractivity contribution is 5.85. The number of carbonyl (C=O) groups excluding carboxylic acids is 2. The zero-order valence-electron chi connectivity index (χ0n) is 12.4. The number of hydrogen-bond donors (Lipinski definition) is 2. The monoisotopic (exact) mass is 305 g/mol. The molecule has 0 aromatic heterocycles. The Morgan fingerprint density at radius 3 is 2.30 bits per heavy atom. The minimum Gasteiger partial charge on any atom is -0.356 e. The number of halogens is 1. The average molecular weight is 306 g/mol. The van der Waals surface area contributed by atoms with Gasteiger partial charge in [0, 0.05) is 38.5 Å². The van der Waals surface area contributed by atoms with Crippen LogP contribution in [0.3, 0.4) is 0 Å². The number of nitrogens with zero attached hydrogens (tertiary/aromatic N) is 1. The lowest BCUT2D eigenvalue weighted by Gasteiger charge is -2.20. The van der Waals surface area contributed by atoms with Gasteiger partial charge in [-0.05, 0) is 26.2 Å². The van der Waals surface area contributed by atoms with Gasteiger partial charge in [-0.25, -0.2) is 0 Å². The zero-order chi connectivity index (χ0) is 14.1. The maximum atomic E-state index is 12.0. The van der Waals surface area contributed by atoms with Crippen LogP contribution in [0.1, 0.15) is 51.9 Å². The van der Waals surface area contributed by atoms with E-state index in [2.05, 4.69) is 5.32 Å². The fraction of sp³-hybridized carbons (Fsp3) is 0.857. The molecule has 0 aliphatic carbocycles. The minimum atomic E-state index is -0.0130. The van der Waals surface area contributed by atoms with Crippen molar-refractivity contribution in [3.05, 3.63) is 0 Å². The van der Waals surface area contributed by atoms with Gasteiger partial charge in [-0.1, -0.05) is 12.8 Å². The third kappa shape index (κ3) is 8.38. The Kier molecular flexibility index (Phi) is 10.5. The summed E-state index contributed by atoms with van der Waals surface area (Å²) < 4.78 is 0. The van der Waals surface area contributed by atoms with E-state index < -0.39 is 0 Å². The van der Waals surface area contributed by atoms with Gasteiger partial charge >= 0.3 is 0 Å². The lowest BCUT2D eigenvalue weighted by molar-refractivity contribution is -0.131. The van der Waals surface area contributed by atoms with Crippen LogP contribution in [-0.4, -0.2) is 42.4 Å². The number of nitrogens with one attached hydrogen (secondary N) is 1. The highest BCUT2D eigenvalue weighted by Gasteiger charge is 2.15. The second kappa shape index (κ2) is 10.9. The van der Waals surface area contributed by atoms with E-state index in [1.165, 1.54) is 12.8 Å². The van der Waals surface area contributed by atoms with E-state index in [4.69, 9.17) is 5.73 Å². The van der Waals surface area contributed by atoms with Crippen molar-refractivity contribution in [3.63, 3.8) is 0 Å². The Morgan fingerprint density at radius 2 is 1.75 bits per heavy atom. The predicted octanol–water partition coefficient (Wildman–Crippen LogP) is 1.44. The number of hydrogen-bond acceptors (Lipinski definition) is 3. The van der Waals surface area contributed by atoms with Gasteiger partial charge in [-0.15, -0.1) is 12.4 Å². The Hall–Kier alpha value is -0.810. The van der Waals surface area contributed by atoms with Gasteiger partial charge in [0.05, 0.1) is 0 Å². The molecule has 1 fully saturated rings.